The zero-order valence-corrected chi connectivity index (χ0v) is 10.4. The normalized spacial score (nSPS) is 20.3. The smallest absolute Gasteiger partial charge is 0.308 e. The molecule has 0 bridgehead atoms. The Morgan fingerprint density at radius 1 is 1.53 bits per heavy atom. The van der Waals surface area contributed by atoms with Crippen LogP contribution in [0.5, 0.6) is 0 Å². The van der Waals surface area contributed by atoms with E-state index in [0.29, 0.717) is 26.3 Å². The van der Waals surface area contributed by atoms with Gasteiger partial charge in [-0.15, -0.1) is 0 Å². The molecule has 1 unspecified atom stereocenters. The van der Waals surface area contributed by atoms with E-state index < -0.39 is 11.9 Å². The summed E-state index contributed by atoms with van der Waals surface area (Å²) in [6, 6.07) is 0. The van der Waals surface area contributed by atoms with Crippen LogP contribution in [0.15, 0.2) is 0 Å². The van der Waals surface area contributed by atoms with Gasteiger partial charge in [0.15, 0.2) is 0 Å². The number of ether oxygens (including phenoxy) is 1. The molecule has 0 aliphatic carbocycles. The first-order chi connectivity index (χ1) is 8.00. The number of carboxylic acid groups (broad SMARTS) is 1. The van der Waals surface area contributed by atoms with Gasteiger partial charge in [0.25, 0.3) is 0 Å². The van der Waals surface area contributed by atoms with Gasteiger partial charge in [0.2, 0.25) is 5.91 Å². The average molecular weight is 244 g/mol. The van der Waals surface area contributed by atoms with Crippen LogP contribution in [0.4, 0.5) is 0 Å². The molecule has 1 N–H and O–H groups in total. The molecule has 6 heteroatoms. The van der Waals surface area contributed by atoms with Crippen LogP contribution >= 0.6 is 0 Å². The molecule has 0 spiro atoms. The molecular weight excluding hydrogens is 224 g/mol. The highest BCUT2D eigenvalue weighted by molar-refractivity contribution is 5.86. The molecule has 0 aromatic carbocycles. The molecule has 1 heterocycles. The summed E-state index contributed by atoms with van der Waals surface area (Å²) >= 11 is 0. The minimum Gasteiger partial charge on any atom is -0.481 e. The van der Waals surface area contributed by atoms with Gasteiger partial charge >= 0.3 is 5.97 Å². The molecule has 1 aliphatic heterocycles. The molecule has 1 atom stereocenters. The Hall–Kier alpha value is -1.14. The molecule has 1 amide bonds. The van der Waals surface area contributed by atoms with Crippen LogP contribution in [0.1, 0.15) is 6.42 Å². The third-order valence-electron chi connectivity index (χ3n) is 2.75. The number of rotatable bonds is 7. The van der Waals surface area contributed by atoms with Gasteiger partial charge in [-0.1, -0.05) is 0 Å². The maximum Gasteiger partial charge on any atom is 0.308 e. The Bertz CT molecular complexity index is 281. The Morgan fingerprint density at radius 2 is 2.24 bits per heavy atom. The second-order valence-electron chi connectivity index (χ2n) is 4.49. The fourth-order valence-corrected chi connectivity index (χ4v) is 1.68. The van der Waals surface area contributed by atoms with Gasteiger partial charge in [-0.25, -0.2) is 0 Å². The highest BCUT2D eigenvalue weighted by atomic mass is 16.5. The molecule has 1 rings (SSSR count). The predicted octanol–water partition coefficient (Wildman–Crippen LogP) is -0.502. The van der Waals surface area contributed by atoms with Gasteiger partial charge in [0.05, 0.1) is 19.1 Å². The van der Waals surface area contributed by atoms with E-state index in [1.165, 1.54) is 0 Å². The largest absolute Gasteiger partial charge is 0.481 e. The number of hydrogen-bond acceptors (Lipinski definition) is 4. The van der Waals surface area contributed by atoms with Gasteiger partial charge in [0.1, 0.15) is 0 Å². The van der Waals surface area contributed by atoms with E-state index in [1.807, 2.05) is 19.0 Å². The quantitative estimate of drug-likeness (QED) is 0.611. The first-order valence-corrected chi connectivity index (χ1v) is 5.73. The number of carboxylic acids is 1. The Kier molecular flexibility index (Phi) is 5.37. The minimum atomic E-state index is -0.894. The number of carbonyl (C=O) groups excluding carboxylic acids is 1. The Labute approximate surface area is 101 Å². The second-order valence-corrected chi connectivity index (χ2v) is 4.49. The van der Waals surface area contributed by atoms with Gasteiger partial charge in [-0.2, -0.15) is 0 Å². The standard InChI is InChI=1S/C11H20N2O4/c1-12(2)3-5-17-6-4-13-8-9(11(15)16)7-10(13)14/h9H,3-8H2,1-2H3,(H,15,16). The molecule has 1 aliphatic rings. The van der Waals surface area contributed by atoms with Crippen molar-refractivity contribution in [1.82, 2.24) is 9.80 Å². The molecule has 0 aromatic rings. The van der Waals surface area contributed by atoms with Crippen molar-refractivity contribution in [3.05, 3.63) is 0 Å². The fraction of sp³-hybridized carbons (Fsp3) is 0.818. The summed E-state index contributed by atoms with van der Waals surface area (Å²) in [6.07, 6.45) is 0.118. The van der Waals surface area contributed by atoms with Crippen LogP contribution in [-0.2, 0) is 14.3 Å². The highest BCUT2D eigenvalue weighted by Crippen LogP contribution is 2.17. The molecule has 0 radical (unpaired) electrons. The van der Waals surface area contributed by atoms with Crippen molar-refractivity contribution in [2.75, 3.05) is 46.9 Å². The summed E-state index contributed by atoms with van der Waals surface area (Å²) in [7, 11) is 3.93. The zero-order valence-electron chi connectivity index (χ0n) is 10.4. The second kappa shape index (κ2) is 6.56. The number of amides is 1. The number of hydrogen-bond donors (Lipinski definition) is 1. The van der Waals surface area contributed by atoms with Gasteiger partial charge in [-0.3, -0.25) is 9.59 Å². The number of nitrogens with zero attached hydrogens (tertiary/aromatic N) is 2. The molecule has 6 nitrogen and oxygen atoms in total. The van der Waals surface area contributed by atoms with Crippen molar-refractivity contribution < 1.29 is 19.4 Å². The summed E-state index contributed by atoms with van der Waals surface area (Å²) in [5, 5.41) is 8.80. The van der Waals surface area contributed by atoms with Crippen molar-refractivity contribution in [1.29, 1.82) is 0 Å². The van der Waals surface area contributed by atoms with Crippen LogP contribution in [-0.4, -0.2) is 73.7 Å². The molecule has 17 heavy (non-hydrogen) atoms. The lowest BCUT2D eigenvalue weighted by Gasteiger charge is -2.16. The molecule has 1 fully saturated rings. The van der Waals surface area contributed by atoms with E-state index in [2.05, 4.69) is 0 Å². The van der Waals surface area contributed by atoms with E-state index in [-0.39, 0.29) is 12.3 Å². The molecule has 0 saturated carbocycles. The molecule has 98 valence electrons. The lowest BCUT2D eigenvalue weighted by atomic mass is 10.1. The number of likely N-dealkylation sites (N-methyl/N-ethyl adjacent to an activating group) is 1. The number of aliphatic carboxylic acids is 1. The first-order valence-electron chi connectivity index (χ1n) is 5.73. The Balaban J connectivity index is 2.15. The van der Waals surface area contributed by atoms with Crippen LogP contribution in [0.2, 0.25) is 0 Å². The van der Waals surface area contributed by atoms with E-state index in [9.17, 15) is 9.59 Å². The lowest BCUT2D eigenvalue weighted by molar-refractivity contribution is -0.141. The van der Waals surface area contributed by atoms with Crippen molar-refractivity contribution >= 4 is 11.9 Å². The third-order valence-corrected chi connectivity index (χ3v) is 2.75. The topological polar surface area (TPSA) is 70.1 Å². The van der Waals surface area contributed by atoms with Crippen molar-refractivity contribution in [3.63, 3.8) is 0 Å². The van der Waals surface area contributed by atoms with Crippen molar-refractivity contribution in [2.45, 2.75) is 6.42 Å². The van der Waals surface area contributed by atoms with Gasteiger partial charge in [0, 0.05) is 26.1 Å². The maximum atomic E-state index is 11.5. The van der Waals surface area contributed by atoms with Gasteiger partial charge in [-0.05, 0) is 14.1 Å². The SMILES string of the molecule is CN(C)CCOCCN1CC(C(=O)O)CC1=O. The van der Waals surface area contributed by atoms with Crippen LogP contribution in [0.25, 0.3) is 0 Å². The van der Waals surface area contributed by atoms with Crippen LogP contribution < -0.4 is 0 Å². The molecule has 1 saturated heterocycles. The summed E-state index contributed by atoms with van der Waals surface area (Å²) in [4.78, 5) is 25.8. The minimum absolute atomic E-state index is 0.0893. The van der Waals surface area contributed by atoms with Crippen LogP contribution in [0, 0.1) is 5.92 Å². The zero-order chi connectivity index (χ0) is 12.8. The summed E-state index contributed by atoms with van der Waals surface area (Å²) in [6.45, 7) is 2.72. The fourth-order valence-electron chi connectivity index (χ4n) is 1.68. The van der Waals surface area contributed by atoms with E-state index in [4.69, 9.17) is 9.84 Å². The third kappa shape index (κ3) is 4.70. The number of likely N-dealkylation sites (tertiary alicyclic amines) is 1. The lowest BCUT2D eigenvalue weighted by Crippen LogP contribution is -2.30. The van der Waals surface area contributed by atoms with Crippen molar-refractivity contribution in [2.24, 2.45) is 5.92 Å². The number of carbonyl (C=O) groups is 2. The first kappa shape index (κ1) is 13.9. The monoisotopic (exact) mass is 244 g/mol. The Morgan fingerprint density at radius 3 is 2.76 bits per heavy atom. The van der Waals surface area contributed by atoms with Gasteiger partial charge < -0.3 is 19.6 Å². The predicted molar refractivity (Wildman–Crippen MR) is 61.7 cm³/mol. The maximum absolute atomic E-state index is 11.5. The summed E-state index contributed by atoms with van der Waals surface area (Å²) in [5.41, 5.74) is 0. The van der Waals surface area contributed by atoms with Crippen LogP contribution in [0.3, 0.4) is 0 Å². The average Bonchev–Trinajstić information content (AvgIpc) is 2.59. The molecule has 0 aromatic heterocycles. The summed E-state index contributed by atoms with van der Waals surface area (Å²) in [5.74, 6) is -1.53. The van der Waals surface area contributed by atoms with Crippen molar-refractivity contribution in [3.8, 4) is 0 Å². The highest BCUT2D eigenvalue weighted by Gasteiger charge is 2.33. The van der Waals surface area contributed by atoms with E-state index >= 15 is 0 Å². The summed E-state index contributed by atoms with van der Waals surface area (Å²) < 4.78 is 5.37. The van der Waals surface area contributed by atoms with E-state index in [0.717, 1.165) is 6.54 Å². The van der Waals surface area contributed by atoms with E-state index in [1.54, 1.807) is 4.90 Å². The molecular formula is C11H20N2O4.